The van der Waals surface area contributed by atoms with E-state index in [-0.39, 0.29) is 0 Å². The zero-order valence-corrected chi connectivity index (χ0v) is 4.75. The van der Waals surface area contributed by atoms with Crippen molar-refractivity contribution in [2.24, 2.45) is 10.4 Å². The van der Waals surface area contributed by atoms with E-state index in [1.165, 1.54) is 5.06 Å². The summed E-state index contributed by atoms with van der Waals surface area (Å²) in [6.07, 6.45) is 0. The van der Waals surface area contributed by atoms with Crippen molar-refractivity contribution in [1.29, 1.82) is 0 Å². The number of hydroxylamine groups is 2. The first-order valence-corrected chi connectivity index (χ1v) is 1.91. The van der Waals surface area contributed by atoms with E-state index in [9.17, 15) is 0 Å². The maximum absolute atomic E-state index is 4.48. The van der Waals surface area contributed by atoms with Crippen LogP contribution in [0.5, 0.6) is 0 Å². The Morgan fingerprint density at radius 1 is 1.43 bits per heavy atom. The molecule has 0 saturated heterocycles. The van der Waals surface area contributed by atoms with Gasteiger partial charge < -0.3 is 0 Å². The Balaban J connectivity index is 2.97. The first kappa shape index (κ1) is 6.36. The number of nitrogens with zero attached hydrogens (tertiary/aromatic N) is 3. The molecule has 0 spiro atoms. The van der Waals surface area contributed by atoms with Crippen molar-refractivity contribution < 1.29 is 4.94 Å². The molecule has 7 heavy (non-hydrogen) atoms. The van der Waals surface area contributed by atoms with E-state index in [0.29, 0.717) is 0 Å². The molecule has 0 atom stereocenters. The lowest BCUT2D eigenvalue weighted by Crippen LogP contribution is -2.06. The zero-order chi connectivity index (χ0) is 5.70. The lowest BCUT2D eigenvalue weighted by Gasteiger charge is -2.00. The van der Waals surface area contributed by atoms with Crippen molar-refractivity contribution in [3.63, 3.8) is 0 Å². The Bertz CT molecular complexity index is 61.2. The summed E-state index contributed by atoms with van der Waals surface area (Å²) in [5, 5.41) is 8.01. The van der Waals surface area contributed by atoms with Crippen LogP contribution in [0.4, 0.5) is 0 Å². The van der Waals surface area contributed by atoms with Crippen molar-refractivity contribution in [1.82, 2.24) is 5.06 Å². The average Bonchev–Trinajstić information content (AvgIpc) is 1.61. The lowest BCUT2D eigenvalue weighted by molar-refractivity contribution is -0.128. The fourth-order valence-corrected chi connectivity index (χ4v) is 0.110. The minimum atomic E-state index is 1.45. The predicted octanol–water partition coefficient (Wildman–Crippen LogP) is 0.477. The Morgan fingerprint density at radius 2 is 2.00 bits per heavy atom. The third kappa shape index (κ3) is 5.36. The van der Waals surface area contributed by atoms with Crippen LogP contribution in [0.3, 0.4) is 0 Å². The van der Waals surface area contributed by atoms with E-state index in [2.05, 4.69) is 15.3 Å². The maximum Gasteiger partial charge on any atom is 0.0524 e. The van der Waals surface area contributed by atoms with E-state index in [1.54, 1.807) is 21.1 Å². The molecule has 0 aromatic heterocycles. The second-order valence-electron chi connectivity index (χ2n) is 1.18. The third-order valence-corrected chi connectivity index (χ3v) is 0.281. The third-order valence-electron chi connectivity index (χ3n) is 0.281. The summed E-state index contributed by atoms with van der Waals surface area (Å²) in [5.41, 5.74) is 0. The largest absolute Gasteiger partial charge is 0.277 e. The van der Waals surface area contributed by atoms with Gasteiger partial charge in [-0.3, -0.25) is 4.94 Å². The molecule has 0 aromatic rings. The molecular weight excluding hydrogens is 94.1 g/mol. The van der Waals surface area contributed by atoms with Crippen molar-refractivity contribution in [3.05, 3.63) is 0 Å². The summed E-state index contributed by atoms with van der Waals surface area (Å²) < 4.78 is 0. The normalized spacial score (nSPS) is 10.9. The minimum absolute atomic E-state index is 1.45. The standard InChI is InChI=1S/C3H9N3O/c1-4-5-7-6(2)3/h1-3H3. The SMILES string of the molecule is CN=NON(C)C. The highest BCUT2D eigenvalue weighted by Crippen LogP contribution is 1.77. The second-order valence-corrected chi connectivity index (χ2v) is 1.18. The van der Waals surface area contributed by atoms with Crippen LogP contribution in [0.1, 0.15) is 0 Å². The number of hydrogen-bond acceptors (Lipinski definition) is 4. The van der Waals surface area contributed by atoms with Crippen LogP contribution in [0.25, 0.3) is 0 Å². The molecule has 0 amide bonds. The molecular formula is C3H9N3O. The van der Waals surface area contributed by atoms with Gasteiger partial charge in [0, 0.05) is 19.4 Å². The van der Waals surface area contributed by atoms with Crippen molar-refractivity contribution in [3.8, 4) is 0 Å². The lowest BCUT2D eigenvalue weighted by atomic mass is 11.2. The molecule has 0 unspecified atom stereocenters. The topological polar surface area (TPSA) is 37.2 Å². The van der Waals surface area contributed by atoms with Gasteiger partial charge in [0.1, 0.15) is 0 Å². The van der Waals surface area contributed by atoms with Crippen LogP contribution < -0.4 is 0 Å². The van der Waals surface area contributed by atoms with E-state index in [1.807, 2.05) is 0 Å². The van der Waals surface area contributed by atoms with Gasteiger partial charge in [-0.2, -0.15) is 5.11 Å². The van der Waals surface area contributed by atoms with E-state index in [0.717, 1.165) is 0 Å². The van der Waals surface area contributed by atoms with Gasteiger partial charge in [0.2, 0.25) is 0 Å². The monoisotopic (exact) mass is 103 g/mol. The molecule has 4 nitrogen and oxygen atoms in total. The summed E-state index contributed by atoms with van der Waals surface area (Å²) in [5.74, 6) is 0. The quantitative estimate of drug-likeness (QED) is 0.376. The Kier molecular flexibility index (Phi) is 3.22. The zero-order valence-electron chi connectivity index (χ0n) is 4.75. The van der Waals surface area contributed by atoms with Gasteiger partial charge in [-0.05, 0) is 0 Å². The predicted molar refractivity (Wildman–Crippen MR) is 25.6 cm³/mol. The molecule has 0 saturated carbocycles. The number of hydrogen-bond donors (Lipinski definition) is 0. The highest BCUT2D eigenvalue weighted by molar-refractivity contribution is 4.00. The average molecular weight is 103 g/mol. The Hall–Kier alpha value is -0.640. The Morgan fingerprint density at radius 3 is 2.14 bits per heavy atom. The first-order valence-electron chi connectivity index (χ1n) is 1.91. The smallest absolute Gasteiger partial charge is 0.0524 e. The second kappa shape index (κ2) is 3.55. The first-order chi connectivity index (χ1) is 3.27. The van der Waals surface area contributed by atoms with Crippen LogP contribution in [0, 0.1) is 0 Å². The molecule has 0 fully saturated rings. The Labute approximate surface area is 42.7 Å². The van der Waals surface area contributed by atoms with Crippen molar-refractivity contribution in [2.75, 3.05) is 21.1 Å². The fourth-order valence-electron chi connectivity index (χ4n) is 0.110. The summed E-state index contributed by atoms with van der Waals surface area (Å²) in [4.78, 5) is 4.48. The molecule has 0 radical (unpaired) electrons. The molecule has 0 aliphatic rings. The van der Waals surface area contributed by atoms with E-state index >= 15 is 0 Å². The summed E-state index contributed by atoms with van der Waals surface area (Å²) in [7, 11) is 5.01. The van der Waals surface area contributed by atoms with Crippen molar-refractivity contribution in [2.45, 2.75) is 0 Å². The molecule has 0 aromatic carbocycles. The molecule has 0 rings (SSSR count). The molecule has 0 heterocycles. The summed E-state index contributed by atoms with van der Waals surface area (Å²) in [6, 6.07) is 0. The highest BCUT2D eigenvalue weighted by Gasteiger charge is 1.78. The fraction of sp³-hybridized carbons (Fsp3) is 1.00. The molecule has 0 aliphatic heterocycles. The molecule has 4 heteroatoms. The van der Waals surface area contributed by atoms with Crippen LogP contribution in [0.15, 0.2) is 10.4 Å². The summed E-state index contributed by atoms with van der Waals surface area (Å²) >= 11 is 0. The van der Waals surface area contributed by atoms with Crippen LogP contribution in [-0.4, -0.2) is 26.2 Å². The van der Waals surface area contributed by atoms with E-state index in [4.69, 9.17) is 0 Å². The van der Waals surface area contributed by atoms with Gasteiger partial charge in [-0.15, -0.1) is 5.06 Å². The van der Waals surface area contributed by atoms with Crippen LogP contribution in [-0.2, 0) is 4.94 Å². The van der Waals surface area contributed by atoms with E-state index < -0.39 is 0 Å². The molecule has 42 valence electrons. The van der Waals surface area contributed by atoms with Gasteiger partial charge in [0.25, 0.3) is 0 Å². The van der Waals surface area contributed by atoms with Crippen LogP contribution >= 0.6 is 0 Å². The highest BCUT2D eigenvalue weighted by atomic mass is 16.8. The van der Waals surface area contributed by atoms with Gasteiger partial charge in [-0.1, -0.05) is 0 Å². The maximum atomic E-state index is 4.48. The van der Waals surface area contributed by atoms with Gasteiger partial charge in [0.05, 0.1) is 7.05 Å². The number of rotatable bonds is 2. The molecule has 0 aliphatic carbocycles. The van der Waals surface area contributed by atoms with Gasteiger partial charge in [0.15, 0.2) is 0 Å². The van der Waals surface area contributed by atoms with Crippen LogP contribution in [0.2, 0.25) is 0 Å². The minimum Gasteiger partial charge on any atom is -0.277 e. The van der Waals surface area contributed by atoms with Gasteiger partial charge >= 0.3 is 0 Å². The van der Waals surface area contributed by atoms with Gasteiger partial charge in [-0.25, -0.2) is 0 Å². The summed E-state index contributed by atoms with van der Waals surface area (Å²) in [6.45, 7) is 0. The molecule has 0 N–H and O–H groups in total. The van der Waals surface area contributed by atoms with Crippen molar-refractivity contribution >= 4 is 0 Å². The molecule has 0 bridgehead atoms.